The minimum atomic E-state index is -0.365. The maximum absolute atomic E-state index is 12.5. The zero-order valence-electron chi connectivity index (χ0n) is 14.9. The zero-order chi connectivity index (χ0) is 18.8. The number of amides is 3. The van der Waals surface area contributed by atoms with Gasteiger partial charge in [-0.25, -0.2) is 0 Å². The van der Waals surface area contributed by atoms with Crippen molar-refractivity contribution in [3.8, 4) is 6.07 Å². The third-order valence-electron chi connectivity index (χ3n) is 5.15. The van der Waals surface area contributed by atoms with E-state index < -0.39 is 0 Å². The lowest BCUT2D eigenvalue weighted by molar-refractivity contribution is -0.134. The van der Waals surface area contributed by atoms with Gasteiger partial charge in [-0.1, -0.05) is 6.92 Å². The third-order valence-corrected chi connectivity index (χ3v) is 5.15. The molecule has 2 aliphatic rings. The summed E-state index contributed by atoms with van der Waals surface area (Å²) < 4.78 is 1.36. The Morgan fingerprint density at radius 3 is 2.88 bits per heavy atom. The van der Waals surface area contributed by atoms with E-state index in [0.29, 0.717) is 26.1 Å². The van der Waals surface area contributed by atoms with Gasteiger partial charge in [0.1, 0.15) is 6.07 Å². The maximum atomic E-state index is 12.5. The number of carbonyl (C=O) groups is 3. The quantitative estimate of drug-likeness (QED) is 0.744. The Balaban J connectivity index is 1.60. The molecule has 3 atom stereocenters. The van der Waals surface area contributed by atoms with Gasteiger partial charge in [0.15, 0.2) is 5.69 Å². The van der Waals surface area contributed by atoms with Crippen molar-refractivity contribution in [2.24, 2.45) is 18.9 Å². The number of aromatic nitrogens is 2. The van der Waals surface area contributed by atoms with Crippen molar-refractivity contribution in [1.29, 1.82) is 5.26 Å². The molecule has 0 bridgehead atoms. The summed E-state index contributed by atoms with van der Waals surface area (Å²) in [6.07, 6.45) is 2.27. The van der Waals surface area contributed by atoms with Crippen molar-refractivity contribution < 1.29 is 14.4 Å². The lowest BCUT2D eigenvalue weighted by atomic mass is 10.0. The molecule has 2 fully saturated rings. The Bertz CT molecular complexity index is 780. The third kappa shape index (κ3) is 3.40. The van der Waals surface area contributed by atoms with Crippen LogP contribution in [0.2, 0.25) is 0 Å². The van der Waals surface area contributed by atoms with Gasteiger partial charge in [0, 0.05) is 39.0 Å². The van der Waals surface area contributed by atoms with E-state index in [1.54, 1.807) is 11.9 Å². The normalized spacial score (nSPS) is 25.0. The second-order valence-electron chi connectivity index (χ2n) is 6.98. The SMILES string of the molecule is CC1CN(C(=O)CC2CCNC2=O)CC1NC(=O)c1cnn(C)c1C#N. The van der Waals surface area contributed by atoms with E-state index in [9.17, 15) is 14.4 Å². The molecular weight excluding hydrogens is 336 g/mol. The van der Waals surface area contributed by atoms with E-state index in [0.717, 1.165) is 0 Å². The molecule has 9 nitrogen and oxygen atoms in total. The molecule has 0 aliphatic carbocycles. The molecule has 0 spiro atoms. The van der Waals surface area contributed by atoms with Crippen molar-refractivity contribution in [1.82, 2.24) is 25.3 Å². The van der Waals surface area contributed by atoms with Crippen molar-refractivity contribution in [3.63, 3.8) is 0 Å². The Morgan fingerprint density at radius 2 is 2.23 bits per heavy atom. The molecule has 1 aromatic heterocycles. The molecule has 0 aromatic carbocycles. The van der Waals surface area contributed by atoms with Gasteiger partial charge in [0.2, 0.25) is 11.8 Å². The smallest absolute Gasteiger partial charge is 0.256 e. The van der Waals surface area contributed by atoms with Crippen LogP contribution in [-0.4, -0.2) is 58.1 Å². The number of nitrogens with one attached hydrogen (secondary N) is 2. The summed E-state index contributed by atoms with van der Waals surface area (Å²) in [7, 11) is 1.60. The van der Waals surface area contributed by atoms with Gasteiger partial charge in [-0.3, -0.25) is 19.1 Å². The number of carbonyl (C=O) groups excluding carboxylic acids is 3. The number of rotatable bonds is 4. The highest BCUT2D eigenvalue weighted by atomic mass is 16.2. The van der Waals surface area contributed by atoms with Gasteiger partial charge in [-0.2, -0.15) is 10.4 Å². The lowest BCUT2D eigenvalue weighted by Gasteiger charge is -2.18. The van der Waals surface area contributed by atoms with Gasteiger partial charge in [0.05, 0.1) is 17.8 Å². The largest absolute Gasteiger partial charge is 0.356 e. The highest BCUT2D eigenvalue weighted by Crippen LogP contribution is 2.21. The standard InChI is InChI=1S/C17H22N6O3/c1-10-8-23(15(24)5-11-3-4-19-16(11)25)9-13(10)21-17(26)12-7-20-22(2)14(12)6-18/h7,10-11,13H,3-5,8-9H2,1-2H3,(H,19,25)(H,21,26). The van der Waals surface area contributed by atoms with Gasteiger partial charge in [-0.05, 0) is 12.3 Å². The molecule has 26 heavy (non-hydrogen) atoms. The molecule has 1 aromatic rings. The van der Waals surface area contributed by atoms with Gasteiger partial charge in [0.25, 0.3) is 5.91 Å². The second kappa shape index (κ2) is 7.15. The highest BCUT2D eigenvalue weighted by Gasteiger charge is 2.36. The summed E-state index contributed by atoms with van der Waals surface area (Å²) >= 11 is 0. The zero-order valence-corrected chi connectivity index (χ0v) is 14.9. The van der Waals surface area contributed by atoms with Crippen LogP contribution in [0.3, 0.4) is 0 Å². The van der Waals surface area contributed by atoms with Crippen molar-refractivity contribution in [2.45, 2.75) is 25.8 Å². The molecule has 2 aliphatic heterocycles. The van der Waals surface area contributed by atoms with E-state index >= 15 is 0 Å². The molecular formula is C17H22N6O3. The van der Waals surface area contributed by atoms with E-state index in [2.05, 4.69) is 15.7 Å². The van der Waals surface area contributed by atoms with E-state index in [1.807, 2.05) is 13.0 Å². The number of nitriles is 1. The topological polar surface area (TPSA) is 120 Å². The number of nitrogens with zero attached hydrogens (tertiary/aromatic N) is 4. The van der Waals surface area contributed by atoms with Crippen LogP contribution in [0, 0.1) is 23.2 Å². The van der Waals surface area contributed by atoms with Crippen LogP contribution in [0.25, 0.3) is 0 Å². The molecule has 3 heterocycles. The van der Waals surface area contributed by atoms with Crippen molar-refractivity contribution in [2.75, 3.05) is 19.6 Å². The van der Waals surface area contributed by atoms with E-state index in [1.165, 1.54) is 10.9 Å². The number of hydrogen-bond acceptors (Lipinski definition) is 5. The van der Waals surface area contributed by atoms with Crippen LogP contribution < -0.4 is 10.6 Å². The van der Waals surface area contributed by atoms with Crippen molar-refractivity contribution in [3.05, 3.63) is 17.5 Å². The first kappa shape index (κ1) is 17.9. The van der Waals surface area contributed by atoms with Crippen LogP contribution in [0.1, 0.15) is 35.8 Å². The fourth-order valence-corrected chi connectivity index (χ4v) is 3.52. The molecule has 2 N–H and O–H groups in total. The molecule has 0 radical (unpaired) electrons. The minimum absolute atomic E-state index is 0.0592. The predicted molar refractivity (Wildman–Crippen MR) is 90.7 cm³/mol. The van der Waals surface area contributed by atoms with Crippen LogP contribution in [-0.2, 0) is 16.6 Å². The summed E-state index contributed by atoms with van der Waals surface area (Å²) in [6.45, 7) is 3.53. The number of hydrogen-bond donors (Lipinski definition) is 2. The van der Waals surface area contributed by atoms with Gasteiger partial charge in [-0.15, -0.1) is 0 Å². The lowest BCUT2D eigenvalue weighted by Crippen LogP contribution is -2.41. The molecule has 0 saturated carbocycles. The summed E-state index contributed by atoms with van der Waals surface area (Å²) in [6, 6.07) is 1.77. The van der Waals surface area contributed by atoms with Crippen LogP contribution in [0.5, 0.6) is 0 Å². The maximum Gasteiger partial charge on any atom is 0.256 e. The van der Waals surface area contributed by atoms with Crippen LogP contribution >= 0.6 is 0 Å². The average Bonchev–Trinajstić information content (AvgIpc) is 3.28. The molecule has 138 valence electrons. The van der Waals surface area contributed by atoms with Crippen LogP contribution in [0.4, 0.5) is 0 Å². The van der Waals surface area contributed by atoms with E-state index in [4.69, 9.17) is 5.26 Å². The highest BCUT2D eigenvalue weighted by molar-refractivity contribution is 5.96. The fraction of sp³-hybridized carbons (Fsp3) is 0.588. The summed E-state index contributed by atoms with van der Waals surface area (Å²) in [5.74, 6) is -0.649. The molecule has 3 amide bonds. The van der Waals surface area contributed by atoms with Crippen molar-refractivity contribution >= 4 is 17.7 Å². The molecule has 3 unspecified atom stereocenters. The number of aryl methyl sites for hydroxylation is 1. The minimum Gasteiger partial charge on any atom is -0.356 e. The summed E-state index contributed by atoms with van der Waals surface area (Å²) in [5.41, 5.74) is 0.433. The monoisotopic (exact) mass is 358 g/mol. The Hall–Kier alpha value is -2.89. The Labute approximate surface area is 151 Å². The van der Waals surface area contributed by atoms with Crippen LogP contribution in [0.15, 0.2) is 6.20 Å². The second-order valence-corrected chi connectivity index (χ2v) is 6.98. The first-order chi connectivity index (χ1) is 12.4. The first-order valence-electron chi connectivity index (χ1n) is 8.69. The summed E-state index contributed by atoms with van der Waals surface area (Å²) in [5, 5.41) is 18.7. The number of likely N-dealkylation sites (tertiary alicyclic amines) is 1. The predicted octanol–water partition coefficient (Wildman–Crippen LogP) is -0.605. The fourth-order valence-electron chi connectivity index (χ4n) is 3.52. The molecule has 3 rings (SSSR count). The average molecular weight is 358 g/mol. The Morgan fingerprint density at radius 1 is 1.46 bits per heavy atom. The Kier molecular flexibility index (Phi) is 4.93. The molecule has 2 saturated heterocycles. The van der Waals surface area contributed by atoms with E-state index in [-0.39, 0.29) is 53.3 Å². The summed E-state index contributed by atoms with van der Waals surface area (Å²) in [4.78, 5) is 38.3. The van der Waals surface area contributed by atoms with Gasteiger partial charge >= 0.3 is 0 Å². The first-order valence-corrected chi connectivity index (χ1v) is 8.69. The molecule has 9 heteroatoms. The van der Waals surface area contributed by atoms with Gasteiger partial charge < -0.3 is 15.5 Å².